The molecule has 1 N–H and O–H groups in total. The normalized spacial score (nSPS) is 10.8. The Kier molecular flexibility index (Phi) is 36.2. The molecule has 7 heteroatoms. The van der Waals surface area contributed by atoms with Gasteiger partial charge in [0.25, 0.3) is 0 Å². The van der Waals surface area contributed by atoms with Crippen LogP contribution in [-0.4, -0.2) is 50.3 Å². The molecule has 0 aliphatic carbocycles. The van der Waals surface area contributed by atoms with Crippen molar-refractivity contribution in [3.63, 3.8) is 0 Å². The van der Waals surface area contributed by atoms with Crippen LogP contribution in [0.1, 0.15) is 41.5 Å². The quantitative estimate of drug-likeness (QED) is 0.550. The van der Waals surface area contributed by atoms with Crippen LogP contribution >= 0.6 is 28.3 Å². The van der Waals surface area contributed by atoms with Crippen molar-refractivity contribution in [3.05, 3.63) is 0 Å². The lowest BCUT2D eigenvalue weighted by molar-refractivity contribution is 0.436. The fourth-order valence-electron chi connectivity index (χ4n) is 1.34. The third-order valence-electron chi connectivity index (χ3n) is 2.68. The monoisotopic (exact) mass is 353 g/mol. The second-order valence-electron chi connectivity index (χ2n) is 3.46. The van der Waals surface area contributed by atoms with Gasteiger partial charge in [0, 0.05) is 0 Å². The van der Waals surface area contributed by atoms with Gasteiger partial charge in [-0.25, -0.2) is 4.21 Å². The molecule has 3 nitrogen and oxygen atoms in total. The predicted octanol–water partition coefficient (Wildman–Crippen LogP) is 4.82. The highest BCUT2D eigenvalue weighted by Gasteiger charge is 1.94. The Morgan fingerprint density at radius 3 is 0.895 bits per heavy atom. The lowest BCUT2D eigenvalue weighted by Gasteiger charge is -2.07. The zero-order valence-electron chi connectivity index (χ0n) is 13.2. The Labute approximate surface area is 131 Å². The maximum absolute atomic E-state index is 8.56. The van der Waals surface area contributed by atoms with Crippen molar-refractivity contribution in [2.24, 2.45) is 0 Å². The maximum atomic E-state index is 8.56. The fraction of sp³-hybridized carbons (Fsp3) is 1.00. The molecular formula is C12H32ClO3P2S-. The Morgan fingerprint density at radius 1 is 0.789 bits per heavy atom. The summed E-state index contributed by atoms with van der Waals surface area (Å²) in [4.78, 5) is 0. The second kappa shape index (κ2) is 24.3. The molecule has 0 saturated heterocycles. The first kappa shape index (κ1) is 28.4. The molecule has 19 heavy (non-hydrogen) atoms. The predicted molar refractivity (Wildman–Crippen MR) is 95.9 cm³/mol. The van der Waals surface area contributed by atoms with Crippen LogP contribution < -0.4 is 0 Å². The van der Waals surface area contributed by atoms with Crippen molar-refractivity contribution in [2.75, 3.05) is 37.0 Å². The molecule has 0 saturated carbocycles. The summed E-state index contributed by atoms with van der Waals surface area (Å²) in [6.45, 7) is 13.7. The molecule has 0 aromatic rings. The molecule has 0 fully saturated rings. The summed E-state index contributed by atoms with van der Waals surface area (Å²) in [5.74, 6) is 0. The Morgan fingerprint density at radius 2 is 0.895 bits per heavy atom. The van der Waals surface area contributed by atoms with E-state index in [9.17, 15) is 0 Å². The SMILES string of the molecule is CCP(CC)CC.CCP(CC)CC.Cl.O=S([O-])O. The lowest BCUT2D eigenvalue weighted by atomic mass is 10.9. The van der Waals surface area contributed by atoms with Crippen LogP contribution in [0.5, 0.6) is 0 Å². The zero-order valence-corrected chi connectivity index (χ0v) is 16.6. The molecule has 0 heterocycles. The largest absolute Gasteiger partial charge is 0.750 e. The summed E-state index contributed by atoms with van der Waals surface area (Å²) in [6, 6.07) is 0. The average Bonchev–Trinajstić information content (AvgIpc) is 2.34. The van der Waals surface area contributed by atoms with Crippen LogP contribution in [-0.2, 0) is 11.4 Å². The summed E-state index contributed by atoms with van der Waals surface area (Å²) in [5.41, 5.74) is 0. The highest BCUT2D eigenvalue weighted by atomic mass is 35.5. The van der Waals surface area contributed by atoms with E-state index in [-0.39, 0.29) is 12.4 Å². The van der Waals surface area contributed by atoms with Crippen LogP contribution in [0.15, 0.2) is 0 Å². The summed E-state index contributed by atoms with van der Waals surface area (Å²) in [5, 5.41) is 0. The van der Waals surface area contributed by atoms with Crippen molar-refractivity contribution >= 4 is 39.6 Å². The van der Waals surface area contributed by atoms with Crippen LogP contribution in [0.25, 0.3) is 0 Å². The molecule has 0 spiro atoms. The van der Waals surface area contributed by atoms with Crippen LogP contribution in [0.4, 0.5) is 0 Å². The number of halogens is 1. The van der Waals surface area contributed by atoms with Gasteiger partial charge in [-0.2, -0.15) is 0 Å². The van der Waals surface area contributed by atoms with Crippen LogP contribution in [0.3, 0.4) is 0 Å². The molecular weight excluding hydrogens is 322 g/mol. The van der Waals surface area contributed by atoms with Crippen molar-refractivity contribution in [3.8, 4) is 0 Å². The fourth-order valence-corrected chi connectivity index (χ4v) is 4.02. The molecule has 0 aliphatic heterocycles. The molecule has 1 unspecified atom stereocenters. The van der Waals surface area contributed by atoms with E-state index >= 15 is 0 Å². The maximum Gasteiger partial charge on any atom is 0.0814 e. The zero-order chi connectivity index (χ0) is 15.0. The van der Waals surface area contributed by atoms with Crippen molar-refractivity contribution in [1.29, 1.82) is 0 Å². The van der Waals surface area contributed by atoms with Crippen molar-refractivity contribution in [1.82, 2.24) is 0 Å². The number of hydrogen-bond acceptors (Lipinski definition) is 2. The van der Waals surface area contributed by atoms with Gasteiger partial charge in [-0.15, -0.1) is 28.3 Å². The number of rotatable bonds is 6. The van der Waals surface area contributed by atoms with Crippen molar-refractivity contribution in [2.45, 2.75) is 41.5 Å². The number of hydrogen-bond donors (Lipinski definition) is 1. The molecule has 1 atom stereocenters. The van der Waals surface area contributed by atoms with Gasteiger partial charge in [0.2, 0.25) is 0 Å². The molecule has 0 aliphatic rings. The minimum Gasteiger partial charge on any atom is -0.750 e. The minimum absolute atomic E-state index is 0. The summed E-state index contributed by atoms with van der Waals surface area (Å²) >= 11 is -2.86. The standard InChI is InChI=1S/2C6H15P.ClH.H2O3S/c2*1-4-7(5-2)6-3;;1-4(2)3/h2*4-6H2,1-3H3;1H;(H2,1,2,3)/p-1. The van der Waals surface area contributed by atoms with Gasteiger partial charge in [-0.1, -0.05) is 41.5 Å². The first-order valence-electron chi connectivity index (χ1n) is 6.66. The van der Waals surface area contributed by atoms with E-state index in [4.69, 9.17) is 13.3 Å². The second-order valence-corrected chi connectivity index (χ2v) is 10.4. The van der Waals surface area contributed by atoms with E-state index in [0.29, 0.717) is 15.8 Å². The highest BCUT2D eigenvalue weighted by molar-refractivity contribution is 7.73. The van der Waals surface area contributed by atoms with E-state index in [1.165, 1.54) is 37.0 Å². The summed E-state index contributed by atoms with van der Waals surface area (Å²) in [6.07, 6.45) is 8.51. The van der Waals surface area contributed by atoms with Gasteiger partial charge in [-0.3, -0.25) is 0 Å². The van der Waals surface area contributed by atoms with E-state index in [1.807, 2.05) is 0 Å². The molecule has 0 bridgehead atoms. The Bertz CT molecular complexity index is 142. The van der Waals surface area contributed by atoms with Crippen molar-refractivity contribution < 1.29 is 13.3 Å². The smallest absolute Gasteiger partial charge is 0.0814 e. The lowest BCUT2D eigenvalue weighted by Crippen LogP contribution is -1.83. The van der Waals surface area contributed by atoms with E-state index in [0.717, 1.165) is 0 Å². The van der Waals surface area contributed by atoms with Gasteiger partial charge >= 0.3 is 0 Å². The Hall–Kier alpha value is 1.22. The Balaban J connectivity index is -0.0000000900. The molecule has 0 aromatic carbocycles. The summed E-state index contributed by atoms with van der Waals surface area (Å²) in [7, 11) is 0.892. The summed E-state index contributed by atoms with van der Waals surface area (Å²) < 4.78 is 24.1. The molecule has 0 amide bonds. The third-order valence-corrected chi connectivity index (χ3v) is 8.05. The van der Waals surface area contributed by atoms with Crippen LogP contribution in [0.2, 0.25) is 0 Å². The third kappa shape index (κ3) is 32.6. The molecule has 122 valence electrons. The minimum atomic E-state index is -2.86. The average molecular weight is 354 g/mol. The van der Waals surface area contributed by atoms with Gasteiger partial charge in [0.1, 0.15) is 0 Å². The van der Waals surface area contributed by atoms with E-state index in [1.54, 1.807) is 0 Å². The van der Waals surface area contributed by atoms with Gasteiger partial charge in [0.15, 0.2) is 0 Å². The van der Waals surface area contributed by atoms with E-state index in [2.05, 4.69) is 41.5 Å². The molecule has 0 radical (unpaired) electrons. The van der Waals surface area contributed by atoms with Gasteiger partial charge in [0.05, 0.1) is 11.4 Å². The van der Waals surface area contributed by atoms with E-state index < -0.39 is 11.4 Å². The first-order chi connectivity index (χ1) is 8.42. The first-order valence-corrected chi connectivity index (χ1v) is 11.5. The van der Waals surface area contributed by atoms with Gasteiger partial charge in [-0.05, 0) is 37.0 Å². The highest BCUT2D eigenvalue weighted by Crippen LogP contribution is 2.32. The molecule has 0 aromatic heterocycles. The van der Waals surface area contributed by atoms with Crippen LogP contribution in [0, 0.1) is 0 Å². The topological polar surface area (TPSA) is 60.4 Å². The molecule has 0 rings (SSSR count). The van der Waals surface area contributed by atoms with Gasteiger partial charge < -0.3 is 9.11 Å².